The van der Waals surface area contributed by atoms with Gasteiger partial charge in [-0.05, 0) is 24.1 Å². The Balaban J connectivity index is 2.30. The van der Waals surface area contributed by atoms with E-state index in [0.29, 0.717) is 18.7 Å². The number of anilines is 1. The van der Waals surface area contributed by atoms with Crippen molar-refractivity contribution in [3.63, 3.8) is 0 Å². The standard InChI is InChI=1S/C12H15NO3S/c14-8-2-5-11-4-1-6-12(10-11)13-7-3-9-17(13,15)16/h1-2,4-6,10,14H,3,7-9H2. The summed E-state index contributed by atoms with van der Waals surface area (Å²) in [5.41, 5.74) is 1.58. The maximum atomic E-state index is 11.8. The number of nitrogens with zero attached hydrogens (tertiary/aromatic N) is 1. The Kier molecular flexibility index (Phi) is 3.49. The zero-order valence-electron chi connectivity index (χ0n) is 9.41. The van der Waals surface area contributed by atoms with Gasteiger partial charge in [0.2, 0.25) is 10.0 Å². The van der Waals surface area contributed by atoms with Gasteiger partial charge in [0.25, 0.3) is 0 Å². The van der Waals surface area contributed by atoms with Crippen LogP contribution in [0.5, 0.6) is 0 Å². The summed E-state index contributed by atoms with van der Waals surface area (Å²) in [5, 5.41) is 8.70. The number of aliphatic hydroxyl groups excluding tert-OH is 1. The molecule has 0 aromatic heterocycles. The molecule has 5 heteroatoms. The molecule has 0 atom stereocenters. The molecule has 0 bridgehead atoms. The summed E-state index contributed by atoms with van der Waals surface area (Å²) in [6.07, 6.45) is 4.07. The molecule has 1 aliphatic rings. The summed E-state index contributed by atoms with van der Waals surface area (Å²) in [4.78, 5) is 0. The van der Waals surface area contributed by atoms with E-state index in [0.717, 1.165) is 5.56 Å². The smallest absolute Gasteiger partial charge is 0.235 e. The van der Waals surface area contributed by atoms with Crippen molar-refractivity contribution in [2.75, 3.05) is 23.2 Å². The third-order valence-corrected chi connectivity index (χ3v) is 4.54. The van der Waals surface area contributed by atoms with Crippen molar-refractivity contribution in [2.45, 2.75) is 6.42 Å². The van der Waals surface area contributed by atoms with Gasteiger partial charge in [0.1, 0.15) is 0 Å². The van der Waals surface area contributed by atoms with Crippen molar-refractivity contribution in [1.29, 1.82) is 0 Å². The molecule has 0 aliphatic carbocycles. The average molecular weight is 253 g/mol. The lowest BCUT2D eigenvalue weighted by Gasteiger charge is -2.17. The summed E-state index contributed by atoms with van der Waals surface area (Å²) in [6.45, 7) is 0.530. The van der Waals surface area contributed by atoms with Crippen LogP contribution in [0.15, 0.2) is 30.3 Å². The third-order valence-electron chi connectivity index (χ3n) is 2.67. The predicted octanol–water partition coefficient (Wildman–Crippen LogP) is 1.23. The van der Waals surface area contributed by atoms with E-state index in [1.165, 1.54) is 4.31 Å². The summed E-state index contributed by atoms with van der Waals surface area (Å²) < 4.78 is 25.0. The van der Waals surface area contributed by atoms with Crippen LogP contribution in [-0.4, -0.2) is 32.4 Å². The van der Waals surface area contributed by atoms with Gasteiger partial charge in [-0.15, -0.1) is 0 Å². The van der Waals surface area contributed by atoms with Gasteiger partial charge in [0, 0.05) is 6.54 Å². The van der Waals surface area contributed by atoms with E-state index in [-0.39, 0.29) is 12.4 Å². The normalized spacial score (nSPS) is 19.0. The van der Waals surface area contributed by atoms with Crippen LogP contribution in [0, 0.1) is 0 Å². The van der Waals surface area contributed by atoms with Gasteiger partial charge in [0.15, 0.2) is 0 Å². The summed E-state index contributed by atoms with van der Waals surface area (Å²) in [7, 11) is -3.12. The fourth-order valence-corrected chi connectivity index (χ4v) is 3.46. The van der Waals surface area contributed by atoms with Crippen LogP contribution >= 0.6 is 0 Å². The zero-order chi connectivity index (χ0) is 12.3. The highest BCUT2D eigenvalue weighted by Gasteiger charge is 2.28. The lowest BCUT2D eigenvalue weighted by atomic mass is 10.2. The Morgan fingerprint density at radius 1 is 1.41 bits per heavy atom. The first-order valence-electron chi connectivity index (χ1n) is 5.51. The maximum Gasteiger partial charge on any atom is 0.235 e. The van der Waals surface area contributed by atoms with E-state index in [1.54, 1.807) is 18.2 Å². The van der Waals surface area contributed by atoms with Crippen LogP contribution in [0.1, 0.15) is 12.0 Å². The first kappa shape index (κ1) is 12.1. The van der Waals surface area contributed by atoms with E-state index in [9.17, 15) is 8.42 Å². The lowest BCUT2D eigenvalue weighted by molar-refractivity contribution is 0.343. The molecule has 92 valence electrons. The van der Waals surface area contributed by atoms with Gasteiger partial charge < -0.3 is 5.11 Å². The summed E-state index contributed by atoms with van der Waals surface area (Å²) in [6, 6.07) is 7.30. The van der Waals surface area contributed by atoms with Gasteiger partial charge in [-0.25, -0.2) is 8.42 Å². The average Bonchev–Trinajstić information content (AvgIpc) is 2.67. The molecular formula is C12H15NO3S. The minimum Gasteiger partial charge on any atom is -0.392 e. The quantitative estimate of drug-likeness (QED) is 0.881. The molecule has 1 fully saturated rings. The molecule has 0 saturated carbocycles. The van der Waals surface area contributed by atoms with Crippen molar-refractivity contribution in [3.05, 3.63) is 35.9 Å². The van der Waals surface area contributed by atoms with Gasteiger partial charge in [-0.1, -0.05) is 24.3 Å². The second-order valence-electron chi connectivity index (χ2n) is 3.92. The molecule has 1 aromatic carbocycles. The second-order valence-corrected chi connectivity index (χ2v) is 5.93. The highest BCUT2D eigenvalue weighted by atomic mass is 32.2. The van der Waals surface area contributed by atoms with Gasteiger partial charge in [0.05, 0.1) is 18.0 Å². The van der Waals surface area contributed by atoms with Gasteiger partial charge in [-0.2, -0.15) is 0 Å². The van der Waals surface area contributed by atoms with Gasteiger partial charge in [-0.3, -0.25) is 4.31 Å². The van der Waals surface area contributed by atoms with Crippen molar-refractivity contribution >= 4 is 21.8 Å². The minimum atomic E-state index is -3.12. The molecule has 1 saturated heterocycles. The van der Waals surface area contributed by atoms with Crippen LogP contribution in [0.25, 0.3) is 6.08 Å². The van der Waals surface area contributed by atoms with E-state index in [2.05, 4.69) is 0 Å². The fraction of sp³-hybridized carbons (Fsp3) is 0.333. The highest BCUT2D eigenvalue weighted by molar-refractivity contribution is 7.93. The molecule has 1 N–H and O–H groups in total. The van der Waals surface area contributed by atoms with Crippen molar-refractivity contribution in [1.82, 2.24) is 0 Å². The minimum absolute atomic E-state index is 0.0216. The zero-order valence-corrected chi connectivity index (χ0v) is 10.2. The lowest BCUT2D eigenvalue weighted by Crippen LogP contribution is -2.24. The molecule has 4 nitrogen and oxygen atoms in total. The molecule has 0 radical (unpaired) electrons. The molecule has 0 amide bonds. The first-order chi connectivity index (χ1) is 8.13. The van der Waals surface area contributed by atoms with Crippen LogP contribution in [0.2, 0.25) is 0 Å². The maximum absolute atomic E-state index is 11.8. The molecule has 2 rings (SSSR count). The van der Waals surface area contributed by atoms with Gasteiger partial charge >= 0.3 is 0 Å². The number of rotatable bonds is 3. The number of hydrogen-bond acceptors (Lipinski definition) is 3. The number of hydrogen-bond donors (Lipinski definition) is 1. The molecule has 1 heterocycles. The molecule has 1 aliphatic heterocycles. The number of sulfonamides is 1. The summed E-state index contributed by atoms with van der Waals surface area (Å²) in [5.74, 6) is 0.226. The van der Waals surface area contributed by atoms with Crippen LogP contribution in [0.4, 0.5) is 5.69 Å². The third kappa shape index (κ3) is 2.68. The van der Waals surface area contributed by atoms with E-state index in [1.807, 2.05) is 18.2 Å². The number of benzene rings is 1. The Morgan fingerprint density at radius 2 is 2.24 bits per heavy atom. The molecule has 0 spiro atoms. The van der Waals surface area contributed by atoms with Crippen molar-refractivity contribution in [2.24, 2.45) is 0 Å². The fourth-order valence-electron chi connectivity index (χ4n) is 1.90. The van der Waals surface area contributed by atoms with Crippen molar-refractivity contribution < 1.29 is 13.5 Å². The van der Waals surface area contributed by atoms with E-state index >= 15 is 0 Å². The Bertz CT molecular complexity index is 522. The van der Waals surface area contributed by atoms with Crippen molar-refractivity contribution in [3.8, 4) is 0 Å². The Labute approximate surface area is 101 Å². The second kappa shape index (κ2) is 4.89. The monoisotopic (exact) mass is 253 g/mol. The van der Waals surface area contributed by atoms with Crippen LogP contribution in [-0.2, 0) is 10.0 Å². The topological polar surface area (TPSA) is 57.6 Å². The Morgan fingerprint density at radius 3 is 2.88 bits per heavy atom. The molecule has 0 unspecified atom stereocenters. The van der Waals surface area contributed by atoms with Crippen LogP contribution < -0.4 is 4.31 Å². The molecular weight excluding hydrogens is 238 g/mol. The first-order valence-corrected chi connectivity index (χ1v) is 7.12. The van der Waals surface area contributed by atoms with E-state index in [4.69, 9.17) is 5.11 Å². The highest BCUT2D eigenvalue weighted by Crippen LogP contribution is 2.24. The summed E-state index contributed by atoms with van der Waals surface area (Å²) >= 11 is 0. The molecule has 17 heavy (non-hydrogen) atoms. The Hall–Kier alpha value is -1.33. The molecule has 1 aromatic rings. The van der Waals surface area contributed by atoms with Crippen LogP contribution in [0.3, 0.4) is 0 Å². The SMILES string of the molecule is O=S1(=O)CCCN1c1cccc(C=CCO)c1. The number of aliphatic hydroxyl groups is 1. The largest absolute Gasteiger partial charge is 0.392 e. The predicted molar refractivity (Wildman–Crippen MR) is 68.3 cm³/mol. The van der Waals surface area contributed by atoms with E-state index < -0.39 is 10.0 Å².